The van der Waals surface area contributed by atoms with Gasteiger partial charge in [-0.3, -0.25) is 0 Å². The van der Waals surface area contributed by atoms with Crippen molar-refractivity contribution in [3.05, 3.63) is 60.2 Å². The van der Waals surface area contributed by atoms with Crippen LogP contribution in [0.1, 0.15) is 57.9 Å². The summed E-state index contributed by atoms with van der Waals surface area (Å²) >= 11 is 0. The number of rotatable bonds is 6. The molecule has 0 bridgehead atoms. The van der Waals surface area contributed by atoms with Gasteiger partial charge in [-0.1, -0.05) is 94.6 Å². The zero-order valence-corrected chi connectivity index (χ0v) is 14.7. The number of benzene rings is 2. The molecule has 1 atom stereocenters. The van der Waals surface area contributed by atoms with E-state index in [9.17, 15) is 13.2 Å². The van der Waals surface area contributed by atoms with Gasteiger partial charge in [-0.15, -0.1) is 0 Å². The van der Waals surface area contributed by atoms with Crippen molar-refractivity contribution in [1.82, 2.24) is 0 Å². The van der Waals surface area contributed by atoms with Crippen molar-refractivity contribution in [2.45, 2.75) is 58.5 Å². The van der Waals surface area contributed by atoms with E-state index in [-0.39, 0.29) is 6.42 Å². The predicted molar refractivity (Wildman–Crippen MR) is 96.2 cm³/mol. The molecule has 0 radical (unpaired) electrons. The molecule has 0 aliphatic rings. The molecule has 0 amide bonds. The van der Waals surface area contributed by atoms with Crippen LogP contribution in [0.2, 0.25) is 0 Å². The fourth-order valence-electron chi connectivity index (χ4n) is 2.66. The third-order valence-corrected chi connectivity index (χ3v) is 3.91. The summed E-state index contributed by atoms with van der Waals surface area (Å²) in [6.07, 6.45) is -1.63. The highest BCUT2D eigenvalue weighted by Gasteiger charge is 2.39. The zero-order chi connectivity index (χ0) is 18.0. The maximum Gasteiger partial charge on any atom is 0.395 e. The van der Waals surface area contributed by atoms with Crippen LogP contribution in [-0.4, -0.2) is 6.18 Å². The van der Waals surface area contributed by atoms with Crippen molar-refractivity contribution in [2.75, 3.05) is 0 Å². The van der Waals surface area contributed by atoms with E-state index < -0.39 is 12.1 Å². The molecule has 0 aliphatic heterocycles. The Hall–Kier alpha value is -1.77. The van der Waals surface area contributed by atoms with Crippen LogP contribution in [0.5, 0.6) is 0 Å². The van der Waals surface area contributed by atoms with Gasteiger partial charge in [0.05, 0.1) is 5.92 Å². The fourth-order valence-corrected chi connectivity index (χ4v) is 2.66. The Kier molecular flexibility index (Phi) is 8.59. The van der Waals surface area contributed by atoms with E-state index in [1.165, 1.54) is 0 Å². The summed E-state index contributed by atoms with van der Waals surface area (Å²) in [5.74, 6) is -1.36. The molecule has 2 aromatic rings. The molecule has 0 saturated carbocycles. The molecule has 132 valence electrons. The molecule has 0 aromatic heterocycles. The maximum atomic E-state index is 13.3. The van der Waals surface area contributed by atoms with Gasteiger partial charge in [0.2, 0.25) is 0 Å². The van der Waals surface area contributed by atoms with Gasteiger partial charge in [-0.25, -0.2) is 0 Å². The molecule has 3 heteroatoms. The number of hydrogen-bond donors (Lipinski definition) is 0. The highest BCUT2D eigenvalue weighted by Crippen LogP contribution is 2.39. The SMILES string of the molecule is CC.CCCCCC(c1ccc(-c2ccccc2)cc1)C(F)(F)F. The van der Waals surface area contributed by atoms with Gasteiger partial charge in [-0.2, -0.15) is 13.2 Å². The first kappa shape index (κ1) is 20.3. The van der Waals surface area contributed by atoms with Crippen LogP contribution in [0.4, 0.5) is 13.2 Å². The van der Waals surface area contributed by atoms with Crippen molar-refractivity contribution in [3.8, 4) is 11.1 Å². The van der Waals surface area contributed by atoms with Crippen LogP contribution in [-0.2, 0) is 0 Å². The van der Waals surface area contributed by atoms with Crippen LogP contribution in [0, 0.1) is 0 Å². The Balaban J connectivity index is 0.00000139. The van der Waals surface area contributed by atoms with E-state index in [1.54, 1.807) is 24.3 Å². The molecular formula is C21H27F3. The van der Waals surface area contributed by atoms with E-state index in [2.05, 4.69) is 0 Å². The molecule has 0 aliphatic carbocycles. The quantitative estimate of drug-likeness (QED) is 0.476. The summed E-state index contributed by atoms with van der Waals surface area (Å²) < 4.78 is 39.8. The van der Waals surface area contributed by atoms with Crippen LogP contribution in [0.15, 0.2) is 54.6 Å². The van der Waals surface area contributed by atoms with Crippen LogP contribution in [0.25, 0.3) is 11.1 Å². The molecule has 0 N–H and O–H groups in total. The largest absolute Gasteiger partial charge is 0.395 e. The van der Waals surface area contributed by atoms with Crippen molar-refractivity contribution < 1.29 is 13.2 Å². The smallest absolute Gasteiger partial charge is 0.170 e. The molecule has 0 fully saturated rings. The standard InChI is InChI=1S/C19H21F3.C2H6/c1-2-3-5-10-18(19(20,21)22)17-13-11-16(12-14-17)15-8-6-4-7-9-15;1-2/h4,6-9,11-14,18H,2-3,5,10H2,1H3;1-2H3. The lowest BCUT2D eigenvalue weighted by molar-refractivity contribution is -0.152. The van der Waals surface area contributed by atoms with Gasteiger partial charge >= 0.3 is 6.18 Å². The molecule has 0 saturated heterocycles. The lowest BCUT2D eigenvalue weighted by Gasteiger charge is -2.21. The molecule has 0 heterocycles. The van der Waals surface area contributed by atoms with Crippen LogP contribution < -0.4 is 0 Å². The van der Waals surface area contributed by atoms with Crippen molar-refractivity contribution in [3.63, 3.8) is 0 Å². The Morgan fingerprint density at radius 2 is 1.33 bits per heavy atom. The van der Waals surface area contributed by atoms with Gasteiger partial charge in [-0.05, 0) is 23.1 Å². The van der Waals surface area contributed by atoms with E-state index in [1.807, 2.05) is 51.1 Å². The normalized spacial score (nSPS) is 12.2. The van der Waals surface area contributed by atoms with Gasteiger partial charge in [0.25, 0.3) is 0 Å². The third kappa shape index (κ3) is 6.03. The Morgan fingerprint density at radius 1 is 0.792 bits per heavy atom. The minimum Gasteiger partial charge on any atom is -0.170 e. The Labute approximate surface area is 143 Å². The fraction of sp³-hybridized carbons (Fsp3) is 0.429. The highest BCUT2D eigenvalue weighted by atomic mass is 19.4. The topological polar surface area (TPSA) is 0 Å². The average molecular weight is 336 g/mol. The highest BCUT2D eigenvalue weighted by molar-refractivity contribution is 5.63. The molecular weight excluding hydrogens is 309 g/mol. The first-order chi connectivity index (χ1) is 11.5. The second-order valence-corrected chi connectivity index (χ2v) is 5.58. The molecule has 0 nitrogen and oxygen atoms in total. The van der Waals surface area contributed by atoms with E-state index in [4.69, 9.17) is 0 Å². The summed E-state index contributed by atoms with van der Waals surface area (Å²) in [5, 5.41) is 0. The van der Waals surface area contributed by atoms with Crippen molar-refractivity contribution in [1.29, 1.82) is 0 Å². The van der Waals surface area contributed by atoms with Crippen LogP contribution in [0.3, 0.4) is 0 Å². The van der Waals surface area contributed by atoms with Crippen molar-refractivity contribution >= 4 is 0 Å². The second-order valence-electron chi connectivity index (χ2n) is 5.58. The van der Waals surface area contributed by atoms with Crippen LogP contribution >= 0.6 is 0 Å². The second kappa shape index (κ2) is 10.2. The van der Waals surface area contributed by atoms with Crippen molar-refractivity contribution in [2.24, 2.45) is 0 Å². The summed E-state index contributed by atoms with van der Waals surface area (Å²) in [5.41, 5.74) is 2.32. The Bertz CT molecular complexity index is 556. The van der Waals surface area contributed by atoms with E-state index in [0.29, 0.717) is 12.0 Å². The van der Waals surface area contributed by atoms with Gasteiger partial charge in [0, 0.05) is 0 Å². The van der Waals surface area contributed by atoms with Gasteiger partial charge in [0.1, 0.15) is 0 Å². The lowest BCUT2D eigenvalue weighted by atomic mass is 9.91. The monoisotopic (exact) mass is 336 g/mol. The number of halogens is 3. The molecule has 2 aromatic carbocycles. The molecule has 1 unspecified atom stereocenters. The lowest BCUT2D eigenvalue weighted by Crippen LogP contribution is -2.20. The number of unbranched alkanes of at least 4 members (excludes halogenated alkanes) is 2. The van der Waals surface area contributed by atoms with Gasteiger partial charge < -0.3 is 0 Å². The molecule has 0 spiro atoms. The number of alkyl halides is 3. The summed E-state index contributed by atoms with van der Waals surface area (Å²) in [6.45, 7) is 6.00. The summed E-state index contributed by atoms with van der Waals surface area (Å²) in [7, 11) is 0. The minimum atomic E-state index is -4.18. The minimum absolute atomic E-state index is 0.169. The number of hydrogen-bond acceptors (Lipinski definition) is 0. The molecule has 24 heavy (non-hydrogen) atoms. The summed E-state index contributed by atoms with van der Waals surface area (Å²) in [6, 6.07) is 16.5. The first-order valence-corrected chi connectivity index (χ1v) is 8.74. The van der Waals surface area contributed by atoms with Gasteiger partial charge in [0.15, 0.2) is 0 Å². The Morgan fingerprint density at radius 3 is 1.83 bits per heavy atom. The third-order valence-electron chi connectivity index (χ3n) is 3.91. The summed E-state index contributed by atoms with van der Waals surface area (Å²) in [4.78, 5) is 0. The first-order valence-electron chi connectivity index (χ1n) is 8.74. The zero-order valence-electron chi connectivity index (χ0n) is 14.7. The maximum absolute atomic E-state index is 13.3. The van der Waals surface area contributed by atoms with E-state index >= 15 is 0 Å². The molecule has 2 rings (SSSR count). The average Bonchev–Trinajstić information content (AvgIpc) is 2.60. The van der Waals surface area contributed by atoms with E-state index in [0.717, 1.165) is 24.0 Å². The predicted octanol–water partition coefficient (Wildman–Crippen LogP) is 7.61.